The first-order valence-electron chi connectivity index (χ1n) is 6.03. The summed E-state index contributed by atoms with van der Waals surface area (Å²) in [7, 11) is 0. The van der Waals surface area contributed by atoms with Crippen LogP contribution in [0.25, 0.3) is 0 Å². The van der Waals surface area contributed by atoms with E-state index in [2.05, 4.69) is 31.9 Å². The van der Waals surface area contributed by atoms with Gasteiger partial charge in [0.25, 0.3) is 0 Å². The highest BCUT2D eigenvalue weighted by Gasteiger charge is 2.28. The van der Waals surface area contributed by atoms with Gasteiger partial charge in [0.05, 0.1) is 19.7 Å². The molecule has 2 unspecified atom stereocenters. The quantitative estimate of drug-likeness (QED) is 0.260. The predicted molar refractivity (Wildman–Crippen MR) is 96.6 cm³/mol. The van der Waals surface area contributed by atoms with Crippen molar-refractivity contribution in [1.82, 2.24) is 0 Å². The minimum absolute atomic E-state index is 0.0730. The number of Topliss-reactive ketones (excluding diaryl/α,β-unsaturated/α-hetero) is 1. The molecule has 2 aromatic rings. The molecule has 0 aromatic heterocycles. The number of alkyl halides is 2. The summed E-state index contributed by atoms with van der Waals surface area (Å²) in [4.78, 5) is 11.6. The Morgan fingerprint density at radius 2 is 1.59 bits per heavy atom. The van der Waals surface area contributed by atoms with E-state index in [9.17, 15) is 9.18 Å². The van der Waals surface area contributed by atoms with Crippen LogP contribution >= 0.6 is 66.7 Å². The van der Waals surface area contributed by atoms with Crippen LogP contribution in [0.4, 0.5) is 4.39 Å². The van der Waals surface area contributed by atoms with Crippen molar-refractivity contribution in [1.29, 1.82) is 0 Å². The third-order valence-electron chi connectivity index (χ3n) is 2.97. The fourth-order valence-corrected chi connectivity index (χ4v) is 3.51. The van der Waals surface area contributed by atoms with Crippen molar-refractivity contribution < 1.29 is 9.18 Å². The maximum absolute atomic E-state index is 13.6. The Morgan fingerprint density at radius 1 is 1.00 bits per heavy atom. The van der Waals surface area contributed by atoms with Crippen molar-refractivity contribution >= 4 is 72.4 Å². The molecule has 116 valence electrons. The van der Waals surface area contributed by atoms with Gasteiger partial charge in [0, 0.05) is 10.6 Å². The smallest absolute Gasteiger partial charge is 0.179 e. The first-order chi connectivity index (χ1) is 10.3. The van der Waals surface area contributed by atoms with Gasteiger partial charge in [-0.2, -0.15) is 0 Å². The molecular weight excluding hydrogens is 481 g/mol. The maximum Gasteiger partial charge on any atom is 0.179 e. The molecule has 1 nitrogen and oxygen atoms in total. The topological polar surface area (TPSA) is 17.1 Å². The molecule has 7 heteroatoms. The zero-order valence-electron chi connectivity index (χ0n) is 10.8. The van der Waals surface area contributed by atoms with E-state index in [0.717, 1.165) is 11.6 Å². The van der Waals surface area contributed by atoms with Crippen LogP contribution in [0, 0.1) is 5.82 Å². The van der Waals surface area contributed by atoms with Crippen molar-refractivity contribution in [2.45, 2.75) is 9.65 Å². The van der Waals surface area contributed by atoms with Crippen LogP contribution in [0.15, 0.2) is 36.4 Å². The molecule has 22 heavy (non-hydrogen) atoms. The third-order valence-corrected chi connectivity index (χ3v) is 6.54. The van der Waals surface area contributed by atoms with E-state index < -0.39 is 10.6 Å². The average Bonchev–Trinajstić information content (AvgIpc) is 2.49. The van der Waals surface area contributed by atoms with Crippen LogP contribution in [0.1, 0.15) is 20.7 Å². The molecule has 2 rings (SSSR count). The summed E-state index contributed by atoms with van der Waals surface area (Å²) in [6.45, 7) is 0. The Hall–Kier alpha value is -0.130. The largest absolute Gasteiger partial charge is 0.293 e. The van der Waals surface area contributed by atoms with Gasteiger partial charge < -0.3 is 0 Å². The number of hydrogen-bond donors (Lipinski definition) is 0. The molecule has 0 fully saturated rings. The average molecular weight is 489 g/mol. The first kappa shape index (κ1) is 18.2. The number of ketones is 1. The fourth-order valence-electron chi connectivity index (χ4n) is 1.81. The first-order valence-corrected chi connectivity index (χ1v) is 9.00. The summed E-state index contributed by atoms with van der Waals surface area (Å²) < 4.78 is 13.6. The Balaban J connectivity index is 2.29. The van der Waals surface area contributed by atoms with Gasteiger partial charge >= 0.3 is 0 Å². The highest BCUT2D eigenvalue weighted by molar-refractivity contribution is 9.12. The maximum atomic E-state index is 13.6. The molecule has 0 spiro atoms. The van der Waals surface area contributed by atoms with Gasteiger partial charge in [0.15, 0.2) is 5.78 Å². The Bertz CT molecular complexity index is 707. The number of carbonyl (C=O) groups excluding carboxylic acids is 1. The van der Waals surface area contributed by atoms with E-state index in [1.807, 2.05) is 0 Å². The van der Waals surface area contributed by atoms with E-state index in [0.29, 0.717) is 5.02 Å². The van der Waals surface area contributed by atoms with E-state index in [1.165, 1.54) is 6.07 Å². The summed E-state index contributed by atoms with van der Waals surface area (Å²) in [5.74, 6) is -1.04. The molecule has 0 aliphatic carbocycles. The van der Waals surface area contributed by atoms with Gasteiger partial charge in [-0.25, -0.2) is 4.39 Å². The summed E-state index contributed by atoms with van der Waals surface area (Å²) in [5.41, 5.74) is 0.925. The Morgan fingerprint density at radius 3 is 2.18 bits per heavy atom. The summed E-state index contributed by atoms with van der Waals surface area (Å²) >= 11 is 24.3. The number of rotatable bonds is 4. The molecule has 0 radical (unpaired) electrons. The number of benzene rings is 2. The van der Waals surface area contributed by atoms with Gasteiger partial charge in [-0.15, -0.1) is 0 Å². The highest BCUT2D eigenvalue weighted by atomic mass is 79.9. The summed E-state index contributed by atoms with van der Waals surface area (Å²) in [5, 5.41) is 0.584. The molecule has 0 N–H and O–H groups in total. The van der Waals surface area contributed by atoms with E-state index >= 15 is 0 Å². The van der Waals surface area contributed by atoms with Crippen LogP contribution in [-0.2, 0) is 0 Å². The molecule has 0 saturated heterocycles. The molecular formula is C15H8Br2Cl3FO. The molecule has 0 amide bonds. The molecule has 2 aromatic carbocycles. The standard InChI is InChI=1S/C15H8Br2Cl3FO/c16-13(7-1-3-8(18)4-2-7)14(17)15(22)9-5-12(21)11(20)6-10(9)19/h1-6,13-14H. The van der Waals surface area contributed by atoms with Gasteiger partial charge in [-0.05, 0) is 29.8 Å². The minimum Gasteiger partial charge on any atom is -0.293 e. The van der Waals surface area contributed by atoms with Gasteiger partial charge in [-0.1, -0.05) is 78.8 Å². The van der Waals surface area contributed by atoms with Crippen LogP contribution in [0.3, 0.4) is 0 Å². The monoisotopic (exact) mass is 486 g/mol. The lowest BCUT2D eigenvalue weighted by atomic mass is 10.0. The molecule has 2 atom stereocenters. The summed E-state index contributed by atoms with van der Waals surface area (Å²) in [6.07, 6.45) is 0. The Labute approximate surface area is 159 Å². The zero-order valence-corrected chi connectivity index (χ0v) is 16.2. The normalized spacial score (nSPS) is 13.7. The summed E-state index contributed by atoms with van der Waals surface area (Å²) in [6, 6.07) is 9.31. The van der Waals surface area contributed by atoms with Gasteiger partial charge in [0.1, 0.15) is 5.82 Å². The number of carbonyl (C=O) groups is 1. The number of halogens is 6. The molecule has 0 bridgehead atoms. The third kappa shape index (κ3) is 4.04. The predicted octanol–water partition coefficient (Wildman–Crippen LogP) is 6.87. The van der Waals surface area contributed by atoms with Crippen molar-refractivity contribution in [3.05, 3.63) is 68.4 Å². The molecule has 0 heterocycles. The van der Waals surface area contributed by atoms with Crippen LogP contribution in [0.5, 0.6) is 0 Å². The second kappa shape index (κ2) is 7.63. The van der Waals surface area contributed by atoms with Crippen molar-refractivity contribution in [2.24, 2.45) is 0 Å². The zero-order chi connectivity index (χ0) is 16.4. The minimum atomic E-state index is -0.688. The van der Waals surface area contributed by atoms with E-state index in [-0.39, 0.29) is 26.2 Å². The lowest BCUT2D eigenvalue weighted by Gasteiger charge is -2.17. The van der Waals surface area contributed by atoms with Crippen molar-refractivity contribution in [3.8, 4) is 0 Å². The highest BCUT2D eigenvalue weighted by Crippen LogP contribution is 2.35. The molecule has 0 aliphatic heterocycles. The lowest BCUT2D eigenvalue weighted by Crippen LogP contribution is -2.20. The van der Waals surface area contributed by atoms with Gasteiger partial charge in [-0.3, -0.25) is 4.79 Å². The van der Waals surface area contributed by atoms with Crippen LogP contribution in [-0.4, -0.2) is 10.6 Å². The second-order valence-electron chi connectivity index (χ2n) is 4.47. The molecule has 0 saturated carbocycles. The fraction of sp³-hybridized carbons (Fsp3) is 0.133. The number of hydrogen-bond acceptors (Lipinski definition) is 1. The molecule has 0 aliphatic rings. The Kier molecular flexibility index (Phi) is 6.31. The van der Waals surface area contributed by atoms with Crippen LogP contribution in [0.2, 0.25) is 15.1 Å². The SMILES string of the molecule is O=C(c1cc(F)c(Cl)cc1Cl)C(Br)C(Br)c1ccc(Cl)cc1. The van der Waals surface area contributed by atoms with E-state index in [4.69, 9.17) is 34.8 Å². The van der Waals surface area contributed by atoms with E-state index in [1.54, 1.807) is 24.3 Å². The van der Waals surface area contributed by atoms with Gasteiger partial charge in [0.2, 0.25) is 0 Å². The van der Waals surface area contributed by atoms with Crippen LogP contribution < -0.4 is 0 Å². The van der Waals surface area contributed by atoms with Crippen molar-refractivity contribution in [3.63, 3.8) is 0 Å². The van der Waals surface area contributed by atoms with Crippen molar-refractivity contribution in [2.75, 3.05) is 0 Å². The second-order valence-corrected chi connectivity index (χ2v) is 7.69. The lowest BCUT2D eigenvalue weighted by molar-refractivity contribution is 0.0990.